The van der Waals surface area contributed by atoms with Crippen LogP contribution in [0, 0.1) is 11.6 Å². The summed E-state index contributed by atoms with van der Waals surface area (Å²) in [5.41, 5.74) is 1.93. The molecule has 1 fully saturated rings. The minimum atomic E-state index is -0.291. The summed E-state index contributed by atoms with van der Waals surface area (Å²) in [5, 5.41) is 14.9. The van der Waals surface area contributed by atoms with Crippen LogP contribution in [0.4, 0.5) is 14.5 Å². The van der Waals surface area contributed by atoms with Gasteiger partial charge in [-0.15, -0.1) is 0 Å². The SMILES string of the molecule is Oc1c([C@H](c2ccc(F)cc2)[NH+]2CCN(c3ccc(F)cc3)CC2)sc2ncnn12. The van der Waals surface area contributed by atoms with Crippen LogP contribution in [0.2, 0.25) is 0 Å². The summed E-state index contributed by atoms with van der Waals surface area (Å²) < 4.78 is 28.2. The van der Waals surface area contributed by atoms with E-state index in [9.17, 15) is 13.9 Å². The Morgan fingerprint density at radius 2 is 1.60 bits per heavy atom. The lowest BCUT2D eigenvalue weighted by molar-refractivity contribution is -0.925. The molecule has 154 valence electrons. The van der Waals surface area contributed by atoms with Crippen molar-refractivity contribution in [3.05, 3.63) is 76.9 Å². The maximum Gasteiger partial charge on any atom is 0.235 e. The van der Waals surface area contributed by atoms with Gasteiger partial charge in [0.05, 0.1) is 26.2 Å². The average molecular weight is 428 g/mol. The van der Waals surface area contributed by atoms with Gasteiger partial charge in [0.15, 0.2) is 6.04 Å². The van der Waals surface area contributed by atoms with Crippen LogP contribution in [-0.4, -0.2) is 45.9 Å². The van der Waals surface area contributed by atoms with Gasteiger partial charge in [-0.25, -0.2) is 13.8 Å². The largest absolute Gasteiger partial charge is 0.492 e. The number of nitrogens with zero attached hydrogens (tertiary/aromatic N) is 4. The second-order valence-corrected chi connectivity index (χ2v) is 8.36. The van der Waals surface area contributed by atoms with E-state index in [1.165, 1.54) is 51.3 Å². The molecule has 30 heavy (non-hydrogen) atoms. The van der Waals surface area contributed by atoms with Gasteiger partial charge in [0.2, 0.25) is 10.8 Å². The van der Waals surface area contributed by atoms with Crippen LogP contribution in [0.25, 0.3) is 4.96 Å². The molecule has 0 bridgehead atoms. The van der Waals surface area contributed by atoms with Gasteiger partial charge in [0.1, 0.15) is 22.8 Å². The summed E-state index contributed by atoms with van der Waals surface area (Å²) >= 11 is 1.40. The molecular formula is C21H20F2N5OS+. The Morgan fingerprint density at radius 1 is 0.967 bits per heavy atom. The predicted molar refractivity (Wildman–Crippen MR) is 110 cm³/mol. The molecule has 6 nitrogen and oxygen atoms in total. The number of benzene rings is 2. The van der Waals surface area contributed by atoms with Crippen LogP contribution in [0.15, 0.2) is 54.9 Å². The first-order valence-corrected chi connectivity index (χ1v) is 10.5. The third-order valence-electron chi connectivity index (χ3n) is 5.61. The first kappa shape index (κ1) is 19.0. The number of rotatable bonds is 4. The van der Waals surface area contributed by atoms with Crippen molar-refractivity contribution in [2.45, 2.75) is 6.04 Å². The van der Waals surface area contributed by atoms with E-state index in [0.29, 0.717) is 4.96 Å². The number of fused-ring (bicyclic) bond motifs is 1. The Kier molecular flexibility index (Phi) is 4.84. The topological polar surface area (TPSA) is 58.1 Å². The van der Waals surface area contributed by atoms with Gasteiger partial charge in [-0.2, -0.15) is 9.61 Å². The number of quaternary nitrogens is 1. The lowest BCUT2D eigenvalue weighted by Crippen LogP contribution is -3.15. The highest BCUT2D eigenvalue weighted by molar-refractivity contribution is 7.17. The van der Waals surface area contributed by atoms with E-state index in [1.807, 2.05) is 0 Å². The van der Waals surface area contributed by atoms with E-state index >= 15 is 0 Å². The minimum absolute atomic E-state index is 0.0790. The zero-order valence-corrected chi connectivity index (χ0v) is 16.8. The molecule has 3 heterocycles. The normalized spacial score (nSPS) is 16.3. The number of hydrogen-bond donors (Lipinski definition) is 2. The van der Waals surface area contributed by atoms with Crippen molar-refractivity contribution in [3.8, 4) is 5.88 Å². The van der Waals surface area contributed by atoms with Crippen molar-refractivity contribution < 1.29 is 18.8 Å². The summed E-state index contributed by atoms with van der Waals surface area (Å²) in [6.45, 7) is 3.21. The van der Waals surface area contributed by atoms with E-state index in [4.69, 9.17) is 0 Å². The Bertz CT molecular complexity index is 1150. The van der Waals surface area contributed by atoms with Gasteiger partial charge < -0.3 is 14.9 Å². The molecule has 2 aromatic carbocycles. The van der Waals surface area contributed by atoms with E-state index < -0.39 is 0 Å². The van der Waals surface area contributed by atoms with Gasteiger partial charge in [-0.3, -0.25) is 0 Å². The Balaban J connectivity index is 1.45. The summed E-state index contributed by atoms with van der Waals surface area (Å²) in [6.07, 6.45) is 1.41. The van der Waals surface area contributed by atoms with E-state index in [-0.39, 0.29) is 23.6 Å². The van der Waals surface area contributed by atoms with Crippen LogP contribution in [-0.2, 0) is 0 Å². The lowest BCUT2D eigenvalue weighted by atomic mass is 10.0. The average Bonchev–Trinajstić information content (AvgIpc) is 3.34. The Hall–Kier alpha value is -3.04. The minimum Gasteiger partial charge on any atom is -0.492 e. The van der Waals surface area contributed by atoms with Gasteiger partial charge in [0, 0.05) is 11.3 Å². The van der Waals surface area contributed by atoms with Crippen LogP contribution in [0.3, 0.4) is 0 Å². The summed E-state index contributed by atoms with van der Waals surface area (Å²) in [4.78, 5) is 9.08. The number of aromatic nitrogens is 3. The van der Waals surface area contributed by atoms with Crippen molar-refractivity contribution in [1.82, 2.24) is 14.6 Å². The quantitative estimate of drug-likeness (QED) is 0.524. The Morgan fingerprint density at radius 3 is 2.23 bits per heavy atom. The number of aromatic hydroxyl groups is 1. The first-order valence-electron chi connectivity index (χ1n) is 9.72. The van der Waals surface area contributed by atoms with Crippen LogP contribution < -0.4 is 9.80 Å². The highest BCUT2D eigenvalue weighted by atomic mass is 32.1. The fourth-order valence-electron chi connectivity index (χ4n) is 4.10. The van der Waals surface area contributed by atoms with Crippen LogP contribution in [0.5, 0.6) is 5.88 Å². The molecule has 1 aliphatic heterocycles. The van der Waals surface area contributed by atoms with E-state index in [1.54, 1.807) is 24.3 Å². The van der Waals surface area contributed by atoms with Crippen molar-refractivity contribution in [2.24, 2.45) is 0 Å². The van der Waals surface area contributed by atoms with E-state index in [0.717, 1.165) is 42.3 Å². The molecule has 4 aromatic rings. The number of piperazine rings is 1. The van der Waals surface area contributed by atoms with E-state index in [2.05, 4.69) is 15.0 Å². The second kappa shape index (κ2) is 7.66. The molecule has 1 atom stereocenters. The lowest BCUT2D eigenvalue weighted by Gasteiger charge is -2.37. The van der Waals surface area contributed by atoms with Crippen molar-refractivity contribution in [2.75, 3.05) is 31.1 Å². The van der Waals surface area contributed by atoms with Gasteiger partial charge in [-0.1, -0.05) is 11.3 Å². The molecule has 1 aliphatic rings. The van der Waals surface area contributed by atoms with Gasteiger partial charge >= 0.3 is 0 Å². The fraction of sp³-hybridized carbons (Fsp3) is 0.238. The molecule has 0 spiro atoms. The number of anilines is 1. The summed E-state index contributed by atoms with van der Waals surface area (Å²) in [7, 11) is 0. The third-order valence-corrected chi connectivity index (χ3v) is 6.71. The zero-order chi connectivity index (χ0) is 20.7. The molecule has 2 N–H and O–H groups in total. The Labute approximate surface area is 175 Å². The van der Waals surface area contributed by atoms with Crippen molar-refractivity contribution >= 4 is 22.0 Å². The number of halogens is 2. The highest BCUT2D eigenvalue weighted by Gasteiger charge is 2.34. The van der Waals surface area contributed by atoms with Gasteiger partial charge in [0.25, 0.3) is 0 Å². The maximum absolute atomic E-state index is 13.5. The summed E-state index contributed by atoms with van der Waals surface area (Å²) in [6, 6.07) is 12.8. The van der Waals surface area contributed by atoms with Crippen molar-refractivity contribution in [3.63, 3.8) is 0 Å². The van der Waals surface area contributed by atoms with Gasteiger partial charge in [-0.05, 0) is 48.5 Å². The van der Waals surface area contributed by atoms with Crippen LogP contribution in [0.1, 0.15) is 16.5 Å². The standard InChI is InChI=1S/C21H19F2N5OS/c22-15-3-1-14(2-4-15)18(19-20(29)28-21(30-19)24-13-25-28)27-11-9-26(10-12-27)17-7-5-16(23)6-8-17/h1-8,13,18,29H,9-12H2/p+1/t18-/m0/s1. The third kappa shape index (κ3) is 3.40. The smallest absolute Gasteiger partial charge is 0.235 e. The molecule has 2 aromatic heterocycles. The fourth-order valence-corrected chi connectivity index (χ4v) is 5.22. The van der Waals surface area contributed by atoms with Crippen molar-refractivity contribution in [1.29, 1.82) is 0 Å². The number of thiazole rings is 1. The number of hydrogen-bond acceptors (Lipinski definition) is 5. The molecule has 0 unspecified atom stereocenters. The first-order chi connectivity index (χ1) is 14.6. The molecule has 0 radical (unpaired) electrons. The predicted octanol–water partition coefficient (Wildman–Crippen LogP) is 2.27. The monoisotopic (exact) mass is 428 g/mol. The molecule has 5 rings (SSSR count). The molecule has 0 saturated carbocycles. The zero-order valence-electron chi connectivity index (χ0n) is 16.0. The molecular weight excluding hydrogens is 408 g/mol. The number of nitrogens with one attached hydrogen (secondary N) is 1. The molecule has 0 aliphatic carbocycles. The summed E-state index contributed by atoms with van der Waals surface area (Å²) in [5.74, 6) is -0.457. The molecule has 9 heteroatoms. The molecule has 1 saturated heterocycles. The van der Waals surface area contributed by atoms with Crippen LogP contribution >= 0.6 is 11.3 Å². The second-order valence-electron chi connectivity index (χ2n) is 7.35. The molecule has 0 amide bonds. The maximum atomic E-state index is 13.5. The highest BCUT2D eigenvalue weighted by Crippen LogP contribution is 2.34.